The molecule has 2 heterocycles. The van der Waals surface area contributed by atoms with E-state index in [1.165, 1.54) is 11.3 Å². The van der Waals surface area contributed by atoms with Crippen LogP contribution < -0.4 is 5.32 Å². The molecule has 1 amide bonds. The molecule has 0 radical (unpaired) electrons. The highest BCUT2D eigenvalue weighted by atomic mass is 32.1. The van der Waals surface area contributed by atoms with Crippen LogP contribution in [0.15, 0.2) is 97.3 Å². The summed E-state index contributed by atoms with van der Waals surface area (Å²) in [5, 5.41) is 3.33. The molecule has 0 atom stereocenters. The summed E-state index contributed by atoms with van der Waals surface area (Å²) in [6, 6.07) is 25.5. The molecular formula is C27H20N4O2S. The van der Waals surface area contributed by atoms with Crippen molar-refractivity contribution in [2.75, 3.05) is 5.32 Å². The van der Waals surface area contributed by atoms with Crippen LogP contribution in [0.1, 0.15) is 26.3 Å². The zero-order valence-corrected chi connectivity index (χ0v) is 19.1. The van der Waals surface area contributed by atoms with E-state index >= 15 is 0 Å². The summed E-state index contributed by atoms with van der Waals surface area (Å²) < 4.78 is 1.92. The topological polar surface area (TPSA) is 76.9 Å². The van der Waals surface area contributed by atoms with Gasteiger partial charge < -0.3 is 4.57 Å². The summed E-state index contributed by atoms with van der Waals surface area (Å²) in [6.07, 6.45) is 3.60. The molecule has 1 N–H and O–H groups in total. The molecule has 5 rings (SSSR count). The van der Waals surface area contributed by atoms with Gasteiger partial charge in [0.2, 0.25) is 0 Å². The van der Waals surface area contributed by atoms with Gasteiger partial charge in [0.1, 0.15) is 0 Å². The molecule has 0 saturated heterocycles. The van der Waals surface area contributed by atoms with E-state index in [2.05, 4.69) is 10.3 Å². The number of hydrogen-bond acceptors (Lipinski definition) is 5. The number of anilines is 1. The Morgan fingerprint density at radius 3 is 2.18 bits per heavy atom. The van der Waals surface area contributed by atoms with Crippen molar-refractivity contribution in [2.24, 2.45) is 7.05 Å². The third-order valence-electron chi connectivity index (χ3n) is 5.37. The summed E-state index contributed by atoms with van der Waals surface area (Å²) >= 11 is 1.35. The van der Waals surface area contributed by atoms with E-state index in [1.54, 1.807) is 54.7 Å². The number of amides is 1. The predicted octanol–water partition coefficient (Wildman–Crippen LogP) is 5.69. The summed E-state index contributed by atoms with van der Waals surface area (Å²) in [5.41, 5.74) is 2.84. The van der Waals surface area contributed by atoms with Crippen LogP contribution in [0.3, 0.4) is 0 Å². The highest BCUT2D eigenvalue weighted by Crippen LogP contribution is 2.38. The fourth-order valence-corrected chi connectivity index (χ4v) is 4.71. The van der Waals surface area contributed by atoms with Crippen molar-refractivity contribution in [1.82, 2.24) is 14.5 Å². The fraction of sp³-hybridized carbons (Fsp3) is 0.0370. The third-order valence-corrected chi connectivity index (χ3v) is 6.34. The van der Waals surface area contributed by atoms with E-state index in [1.807, 2.05) is 54.2 Å². The lowest BCUT2D eigenvalue weighted by molar-refractivity contribution is 0.0996. The van der Waals surface area contributed by atoms with Crippen LogP contribution in [0.4, 0.5) is 5.13 Å². The first kappa shape index (κ1) is 21.5. The molecule has 0 aliphatic rings. The smallest absolute Gasteiger partial charge is 0.258 e. The van der Waals surface area contributed by atoms with Crippen LogP contribution >= 0.6 is 11.3 Å². The number of aryl methyl sites for hydroxylation is 1. The van der Waals surface area contributed by atoms with Crippen molar-refractivity contribution in [3.8, 4) is 22.0 Å². The normalized spacial score (nSPS) is 10.7. The molecule has 0 unspecified atom stereocenters. The quantitative estimate of drug-likeness (QED) is 0.327. The molecule has 3 aromatic carbocycles. The monoisotopic (exact) mass is 464 g/mol. The number of carbonyl (C=O) groups excluding carboxylic acids is 2. The van der Waals surface area contributed by atoms with Gasteiger partial charge in [0.05, 0.1) is 16.1 Å². The number of hydrogen-bond donors (Lipinski definition) is 1. The Hall–Kier alpha value is -4.36. The first-order valence-corrected chi connectivity index (χ1v) is 11.5. The second-order valence-corrected chi connectivity index (χ2v) is 8.62. The maximum atomic E-state index is 13.3. The molecule has 5 aromatic rings. The van der Waals surface area contributed by atoms with Crippen molar-refractivity contribution in [3.63, 3.8) is 0 Å². The first-order chi connectivity index (χ1) is 16.6. The molecule has 0 saturated carbocycles. The van der Waals surface area contributed by atoms with Crippen LogP contribution in [0, 0.1) is 0 Å². The highest BCUT2D eigenvalue weighted by molar-refractivity contribution is 7.19. The molecule has 34 heavy (non-hydrogen) atoms. The summed E-state index contributed by atoms with van der Waals surface area (Å²) in [4.78, 5) is 36.4. The van der Waals surface area contributed by atoms with Gasteiger partial charge in [-0.25, -0.2) is 9.97 Å². The second-order valence-electron chi connectivity index (χ2n) is 7.62. The Morgan fingerprint density at radius 2 is 1.50 bits per heavy atom. The zero-order chi connectivity index (χ0) is 23.5. The first-order valence-electron chi connectivity index (χ1n) is 10.7. The van der Waals surface area contributed by atoms with Crippen LogP contribution in [-0.4, -0.2) is 26.2 Å². The van der Waals surface area contributed by atoms with E-state index < -0.39 is 0 Å². The lowest BCUT2D eigenvalue weighted by atomic mass is 9.98. The number of benzene rings is 3. The molecule has 166 valence electrons. The molecule has 0 fully saturated rings. The third kappa shape index (κ3) is 4.16. The van der Waals surface area contributed by atoms with Gasteiger partial charge in [-0.3, -0.25) is 14.9 Å². The van der Waals surface area contributed by atoms with Crippen LogP contribution in [-0.2, 0) is 7.05 Å². The Labute approximate surface area is 200 Å². The summed E-state index contributed by atoms with van der Waals surface area (Å²) in [5.74, 6) is 0.167. The molecular weight excluding hydrogens is 444 g/mol. The largest absolute Gasteiger partial charge is 0.333 e. The van der Waals surface area contributed by atoms with E-state index in [9.17, 15) is 9.59 Å². The van der Waals surface area contributed by atoms with Crippen molar-refractivity contribution in [3.05, 3.63) is 114 Å². The highest BCUT2D eigenvalue weighted by Gasteiger charge is 2.22. The van der Waals surface area contributed by atoms with Crippen LogP contribution in [0.2, 0.25) is 0 Å². The minimum absolute atomic E-state index is 0.204. The molecule has 0 spiro atoms. The number of thiazole rings is 1. The van der Waals surface area contributed by atoms with E-state index in [0.717, 1.165) is 22.0 Å². The Bertz CT molecular complexity index is 1470. The van der Waals surface area contributed by atoms with Gasteiger partial charge in [-0.1, -0.05) is 90.2 Å². The number of nitrogens with zero attached hydrogens (tertiary/aromatic N) is 3. The van der Waals surface area contributed by atoms with E-state index in [-0.39, 0.29) is 11.7 Å². The van der Waals surface area contributed by atoms with Gasteiger partial charge in [0.25, 0.3) is 5.91 Å². The zero-order valence-electron chi connectivity index (χ0n) is 18.3. The van der Waals surface area contributed by atoms with Crippen molar-refractivity contribution in [2.45, 2.75) is 0 Å². The number of ketones is 1. The van der Waals surface area contributed by atoms with Gasteiger partial charge in [0, 0.05) is 36.1 Å². The average Bonchev–Trinajstić information content (AvgIpc) is 3.50. The van der Waals surface area contributed by atoms with Gasteiger partial charge in [0.15, 0.2) is 16.7 Å². The molecule has 0 aliphatic carbocycles. The minimum Gasteiger partial charge on any atom is -0.333 e. The summed E-state index contributed by atoms with van der Waals surface area (Å²) in [6.45, 7) is 0. The lowest BCUT2D eigenvalue weighted by Gasteiger charge is -2.08. The van der Waals surface area contributed by atoms with E-state index in [4.69, 9.17) is 4.98 Å². The second kappa shape index (κ2) is 9.25. The van der Waals surface area contributed by atoms with Crippen molar-refractivity contribution >= 4 is 28.2 Å². The Kier molecular flexibility index (Phi) is 5.84. The number of rotatable bonds is 6. The fourth-order valence-electron chi connectivity index (χ4n) is 3.69. The minimum atomic E-state index is -0.389. The van der Waals surface area contributed by atoms with Gasteiger partial charge >= 0.3 is 0 Å². The molecule has 2 aromatic heterocycles. The Morgan fingerprint density at radius 1 is 0.853 bits per heavy atom. The van der Waals surface area contributed by atoms with Crippen molar-refractivity contribution < 1.29 is 9.59 Å². The van der Waals surface area contributed by atoms with Gasteiger partial charge in [-0.05, 0) is 6.07 Å². The van der Waals surface area contributed by atoms with Crippen LogP contribution in [0.25, 0.3) is 22.0 Å². The standard InChI is InChI=1S/C27H20N4O2S/c1-31-17-16-28-25(31)24-22(18-10-4-2-5-11-18)29-27(34-24)30-26(33)21-15-9-8-14-20(21)23(32)19-12-6-3-7-13-19/h2-17H,1H3,(H,29,30,33). The maximum absolute atomic E-state index is 13.3. The Balaban J connectivity index is 1.51. The number of nitrogens with one attached hydrogen (secondary N) is 1. The van der Waals surface area contributed by atoms with Gasteiger partial charge in [-0.15, -0.1) is 0 Å². The van der Waals surface area contributed by atoms with E-state index in [0.29, 0.717) is 21.8 Å². The SMILES string of the molecule is Cn1ccnc1-c1sc(NC(=O)c2ccccc2C(=O)c2ccccc2)nc1-c1ccccc1. The molecule has 7 heteroatoms. The number of aromatic nitrogens is 3. The average molecular weight is 465 g/mol. The summed E-state index contributed by atoms with van der Waals surface area (Å²) in [7, 11) is 1.92. The van der Waals surface area contributed by atoms with Gasteiger partial charge in [-0.2, -0.15) is 0 Å². The number of imidazole rings is 1. The maximum Gasteiger partial charge on any atom is 0.258 e. The molecule has 6 nitrogen and oxygen atoms in total. The number of carbonyl (C=O) groups is 2. The molecule has 0 aliphatic heterocycles. The van der Waals surface area contributed by atoms with Crippen LogP contribution in [0.5, 0.6) is 0 Å². The molecule has 0 bridgehead atoms. The lowest BCUT2D eigenvalue weighted by Crippen LogP contribution is -2.16. The van der Waals surface area contributed by atoms with Crippen molar-refractivity contribution in [1.29, 1.82) is 0 Å². The predicted molar refractivity (Wildman–Crippen MR) is 134 cm³/mol.